The van der Waals surface area contributed by atoms with Gasteiger partial charge in [-0.25, -0.2) is 0 Å². The van der Waals surface area contributed by atoms with E-state index in [1.165, 1.54) is 51.4 Å². The average Bonchev–Trinajstić information content (AvgIpc) is 3.43. The molecule has 6 heteroatoms. The molecule has 0 saturated carbocycles. The molecule has 0 N–H and O–H groups in total. The molecule has 0 aromatic rings. The number of hydrogen-bond donors (Lipinski definition) is 0. The van der Waals surface area contributed by atoms with Gasteiger partial charge >= 0.3 is 17.9 Å². The second-order valence-electron chi connectivity index (χ2n) is 19.5. The zero-order valence-electron chi connectivity index (χ0n) is 49.1. The Morgan fingerprint density at radius 1 is 0.273 bits per heavy atom. The summed E-state index contributed by atoms with van der Waals surface area (Å²) in [6.07, 6.45) is 93.6. The van der Waals surface area contributed by atoms with E-state index in [2.05, 4.69) is 179 Å². The van der Waals surface area contributed by atoms with E-state index in [0.717, 1.165) is 141 Å². The molecule has 0 rings (SSSR count). The fraction of sp³-hybridized carbons (Fsp3) is 0.563. The van der Waals surface area contributed by atoms with Gasteiger partial charge in [0.25, 0.3) is 0 Å². The first-order chi connectivity index (χ1) is 38.0. The number of hydrogen-bond acceptors (Lipinski definition) is 6. The van der Waals surface area contributed by atoms with Gasteiger partial charge in [0, 0.05) is 19.3 Å². The zero-order chi connectivity index (χ0) is 55.7. The van der Waals surface area contributed by atoms with Crippen LogP contribution < -0.4 is 0 Å². The van der Waals surface area contributed by atoms with Crippen molar-refractivity contribution in [1.29, 1.82) is 0 Å². The van der Waals surface area contributed by atoms with Crippen molar-refractivity contribution in [3.63, 3.8) is 0 Å². The lowest BCUT2D eigenvalue weighted by atomic mass is 10.1. The number of esters is 3. The quantitative estimate of drug-likeness (QED) is 0.0261. The van der Waals surface area contributed by atoms with Crippen molar-refractivity contribution in [2.45, 2.75) is 245 Å². The smallest absolute Gasteiger partial charge is 0.306 e. The molecule has 430 valence electrons. The standard InChI is InChI=1S/C71H110O6/c1-4-7-10-13-16-19-22-25-27-29-31-33-34-35-36-38-39-41-43-46-49-52-55-58-61-64-70(73)76-67-68(66-75-69(72)63-60-57-54-51-48-45-24-21-18-15-12-9-6-3)77-71(74)65-62-59-56-53-50-47-44-42-40-37-32-30-28-26-23-20-17-14-11-8-5-2/h7,9-10,12,16,18-19,21,23,25-27,30-33,35-36,39-42,45-46,48-49,54,57,68H,4-6,8,11,13-15,17,20,22,24,28-29,34,37-38,43-44,47,50-53,55-56,58-67H2,1-3H3/b10-7-,12-9-,19-16-,21-18-,26-23-,27-25-,32-30-,33-31-,36-35-,41-39-,42-40-,48-45-,49-46-,57-54-. The summed E-state index contributed by atoms with van der Waals surface area (Å²) in [5.74, 6) is -1.07. The van der Waals surface area contributed by atoms with Crippen LogP contribution in [0.3, 0.4) is 0 Å². The van der Waals surface area contributed by atoms with Gasteiger partial charge in [0.2, 0.25) is 0 Å². The van der Waals surface area contributed by atoms with Crippen LogP contribution in [0.4, 0.5) is 0 Å². The number of carbonyl (C=O) groups is 3. The minimum atomic E-state index is -0.839. The summed E-state index contributed by atoms with van der Waals surface area (Å²) >= 11 is 0. The maximum Gasteiger partial charge on any atom is 0.306 e. The Labute approximate surface area is 472 Å². The molecule has 0 fully saturated rings. The molecule has 0 heterocycles. The molecule has 0 aliphatic heterocycles. The van der Waals surface area contributed by atoms with E-state index in [4.69, 9.17) is 14.2 Å². The summed E-state index contributed by atoms with van der Waals surface area (Å²) in [4.78, 5) is 38.2. The van der Waals surface area contributed by atoms with Crippen LogP contribution in [0.1, 0.15) is 239 Å². The highest BCUT2D eigenvalue weighted by atomic mass is 16.6. The minimum Gasteiger partial charge on any atom is -0.462 e. The molecule has 1 unspecified atom stereocenters. The molecule has 0 saturated heterocycles. The Morgan fingerprint density at radius 3 is 0.883 bits per heavy atom. The Hall–Kier alpha value is -5.23. The summed E-state index contributed by atoms with van der Waals surface area (Å²) in [7, 11) is 0. The molecular weight excluding hydrogens is 949 g/mol. The SMILES string of the molecule is CC/C=C\C/C=C\C/C=C\C/C=C\C/C=C\C/C=C\C/C=C\CCCCCC(=O)OCC(COC(=O)CC/C=C\C/C=C\C/C=C\C/C=C\CC)OC(=O)CCCCCCCC/C=C\C/C=C\C/C=C\CCCCCCC. The maximum absolute atomic E-state index is 12.9. The molecule has 0 aliphatic carbocycles. The number of allylic oxidation sites excluding steroid dienone is 28. The fourth-order valence-electron chi connectivity index (χ4n) is 7.68. The van der Waals surface area contributed by atoms with E-state index < -0.39 is 6.10 Å². The van der Waals surface area contributed by atoms with Crippen LogP contribution in [-0.4, -0.2) is 37.2 Å². The van der Waals surface area contributed by atoms with Crippen LogP contribution in [0, 0.1) is 0 Å². The topological polar surface area (TPSA) is 78.9 Å². The van der Waals surface area contributed by atoms with E-state index in [1.54, 1.807) is 0 Å². The summed E-state index contributed by atoms with van der Waals surface area (Å²) in [6, 6.07) is 0. The molecule has 0 aliphatic rings. The first-order valence-corrected chi connectivity index (χ1v) is 30.6. The van der Waals surface area contributed by atoms with E-state index >= 15 is 0 Å². The van der Waals surface area contributed by atoms with E-state index in [0.29, 0.717) is 12.8 Å². The van der Waals surface area contributed by atoms with Crippen LogP contribution in [0.15, 0.2) is 170 Å². The monoisotopic (exact) mass is 1060 g/mol. The average molecular weight is 1060 g/mol. The van der Waals surface area contributed by atoms with Crippen molar-refractivity contribution in [2.24, 2.45) is 0 Å². The van der Waals surface area contributed by atoms with Crippen molar-refractivity contribution >= 4 is 17.9 Å². The second kappa shape index (κ2) is 63.3. The van der Waals surface area contributed by atoms with Gasteiger partial charge in [-0.1, -0.05) is 249 Å². The molecule has 0 spiro atoms. The van der Waals surface area contributed by atoms with Crippen LogP contribution in [0.25, 0.3) is 0 Å². The number of rotatable bonds is 53. The van der Waals surface area contributed by atoms with Gasteiger partial charge in [-0.2, -0.15) is 0 Å². The lowest BCUT2D eigenvalue weighted by Crippen LogP contribution is -2.30. The van der Waals surface area contributed by atoms with E-state index in [-0.39, 0.29) is 44.0 Å². The fourth-order valence-corrected chi connectivity index (χ4v) is 7.68. The van der Waals surface area contributed by atoms with Crippen molar-refractivity contribution in [1.82, 2.24) is 0 Å². The first-order valence-electron chi connectivity index (χ1n) is 30.6. The molecule has 0 bridgehead atoms. The molecule has 0 aromatic heterocycles. The summed E-state index contributed by atoms with van der Waals surface area (Å²) in [6.45, 7) is 6.28. The van der Waals surface area contributed by atoms with Crippen molar-refractivity contribution in [3.05, 3.63) is 170 Å². The highest BCUT2D eigenvalue weighted by molar-refractivity contribution is 5.71. The van der Waals surface area contributed by atoms with Gasteiger partial charge in [-0.05, 0) is 141 Å². The number of unbranched alkanes of at least 4 members (excludes halogenated alkanes) is 14. The normalized spacial score (nSPS) is 13.3. The molecular formula is C71H110O6. The highest BCUT2D eigenvalue weighted by Gasteiger charge is 2.19. The van der Waals surface area contributed by atoms with Gasteiger partial charge in [-0.15, -0.1) is 0 Å². The van der Waals surface area contributed by atoms with Crippen LogP contribution >= 0.6 is 0 Å². The predicted octanol–water partition coefficient (Wildman–Crippen LogP) is 21.1. The number of carbonyl (C=O) groups excluding carboxylic acids is 3. The number of ether oxygens (including phenoxy) is 3. The van der Waals surface area contributed by atoms with Gasteiger partial charge in [0.1, 0.15) is 13.2 Å². The zero-order valence-corrected chi connectivity index (χ0v) is 49.1. The van der Waals surface area contributed by atoms with Crippen molar-refractivity contribution in [2.75, 3.05) is 13.2 Å². The molecule has 77 heavy (non-hydrogen) atoms. The summed E-state index contributed by atoms with van der Waals surface area (Å²) in [5, 5.41) is 0. The van der Waals surface area contributed by atoms with E-state index in [9.17, 15) is 14.4 Å². The molecule has 0 radical (unpaired) electrons. The molecule has 0 amide bonds. The lowest BCUT2D eigenvalue weighted by molar-refractivity contribution is -0.166. The highest BCUT2D eigenvalue weighted by Crippen LogP contribution is 2.13. The van der Waals surface area contributed by atoms with E-state index in [1.807, 2.05) is 12.2 Å². The third-order valence-electron chi connectivity index (χ3n) is 12.2. The Bertz CT molecular complexity index is 1790. The van der Waals surface area contributed by atoms with Gasteiger partial charge in [0.15, 0.2) is 6.10 Å². The largest absolute Gasteiger partial charge is 0.462 e. The van der Waals surface area contributed by atoms with Gasteiger partial charge in [0.05, 0.1) is 0 Å². The van der Waals surface area contributed by atoms with Crippen molar-refractivity contribution in [3.8, 4) is 0 Å². The van der Waals surface area contributed by atoms with Crippen LogP contribution in [0.5, 0.6) is 0 Å². The summed E-state index contributed by atoms with van der Waals surface area (Å²) in [5.41, 5.74) is 0. The molecule has 0 aromatic carbocycles. The Morgan fingerprint density at radius 2 is 0.532 bits per heavy atom. The Kier molecular flexibility index (Phi) is 59.0. The predicted molar refractivity (Wildman–Crippen MR) is 334 cm³/mol. The molecule has 6 nitrogen and oxygen atoms in total. The summed E-state index contributed by atoms with van der Waals surface area (Å²) < 4.78 is 16.8. The maximum atomic E-state index is 12.9. The third-order valence-corrected chi connectivity index (χ3v) is 12.2. The van der Waals surface area contributed by atoms with Gasteiger partial charge in [-0.3, -0.25) is 14.4 Å². The minimum absolute atomic E-state index is 0.132. The van der Waals surface area contributed by atoms with Crippen LogP contribution in [0.2, 0.25) is 0 Å². The van der Waals surface area contributed by atoms with Crippen LogP contribution in [-0.2, 0) is 28.6 Å². The molecule has 1 atom stereocenters. The third kappa shape index (κ3) is 61.5. The lowest BCUT2D eigenvalue weighted by Gasteiger charge is -2.18. The first kappa shape index (κ1) is 71.8. The van der Waals surface area contributed by atoms with Crippen molar-refractivity contribution < 1.29 is 28.6 Å². The second-order valence-corrected chi connectivity index (χ2v) is 19.5. The Balaban J connectivity index is 4.53. The van der Waals surface area contributed by atoms with Gasteiger partial charge < -0.3 is 14.2 Å².